The van der Waals surface area contributed by atoms with Crippen molar-refractivity contribution in [3.63, 3.8) is 0 Å². The molecule has 0 radical (unpaired) electrons. The number of nitrogens with zero attached hydrogens (tertiary/aromatic N) is 1. The zero-order chi connectivity index (χ0) is 21.7. The van der Waals surface area contributed by atoms with Crippen LogP contribution in [0.2, 0.25) is 0 Å². The smallest absolute Gasteiger partial charge is 0.259 e. The Morgan fingerprint density at radius 2 is 1.20 bits per heavy atom. The van der Waals surface area contributed by atoms with Crippen molar-refractivity contribution in [2.45, 2.75) is 13.8 Å². The van der Waals surface area contributed by atoms with E-state index in [9.17, 15) is 14.4 Å². The molecule has 0 aliphatic rings. The number of rotatable bonds is 5. The van der Waals surface area contributed by atoms with Crippen LogP contribution in [0.15, 0.2) is 60.8 Å². The fraction of sp³-hybridized carbons (Fsp3) is 0.0909. The molecular formula is C22H21N5O3. The molecule has 0 atom stereocenters. The van der Waals surface area contributed by atoms with Gasteiger partial charge in [-0.2, -0.15) is 0 Å². The Balaban J connectivity index is 1.78. The molecule has 2 aromatic carbocycles. The van der Waals surface area contributed by atoms with Crippen LogP contribution in [0.3, 0.4) is 0 Å². The minimum atomic E-state index is -0.399. The summed E-state index contributed by atoms with van der Waals surface area (Å²) in [7, 11) is 0. The van der Waals surface area contributed by atoms with Gasteiger partial charge in [0.05, 0.1) is 5.56 Å². The molecule has 0 unspecified atom stereocenters. The number of benzene rings is 2. The van der Waals surface area contributed by atoms with Crippen LogP contribution < -0.4 is 21.7 Å². The highest BCUT2D eigenvalue weighted by molar-refractivity contribution is 6.08. The van der Waals surface area contributed by atoms with Crippen LogP contribution in [0.4, 0.5) is 22.9 Å². The van der Waals surface area contributed by atoms with Crippen molar-refractivity contribution in [2.24, 2.45) is 0 Å². The van der Waals surface area contributed by atoms with E-state index in [2.05, 4.69) is 20.9 Å². The first kappa shape index (κ1) is 20.5. The van der Waals surface area contributed by atoms with Gasteiger partial charge in [0.15, 0.2) is 0 Å². The quantitative estimate of drug-likeness (QED) is 0.519. The predicted octanol–water partition coefficient (Wildman–Crippen LogP) is 3.50. The first-order valence-electron chi connectivity index (χ1n) is 9.14. The summed E-state index contributed by atoms with van der Waals surface area (Å²) in [5.41, 5.74) is 9.55. The number of nitrogens with two attached hydrogens (primary N) is 1. The molecule has 30 heavy (non-hydrogen) atoms. The number of hydrogen-bond donors (Lipinski definition) is 4. The van der Waals surface area contributed by atoms with E-state index in [1.54, 1.807) is 48.7 Å². The van der Waals surface area contributed by atoms with Crippen LogP contribution in [-0.2, 0) is 9.59 Å². The standard InChI is InChI=1S/C22H21N5O3/c1-13(28)25-17-5-3-15(4-6-17)16-11-20(21(23)24-12-16)22(30)27-19-9-7-18(8-10-19)26-14(2)29/h3-12H,1-2H3,(H2,23,24)(H,25,28)(H,26,29)(H,27,30). The molecule has 3 aromatic rings. The van der Waals surface area contributed by atoms with Gasteiger partial charge in [0.1, 0.15) is 5.82 Å². The Morgan fingerprint density at radius 1 is 0.733 bits per heavy atom. The molecule has 1 aromatic heterocycles. The summed E-state index contributed by atoms with van der Waals surface area (Å²) in [6.07, 6.45) is 1.59. The summed E-state index contributed by atoms with van der Waals surface area (Å²) in [4.78, 5) is 39.1. The maximum atomic E-state index is 12.7. The molecule has 3 rings (SSSR count). The normalized spacial score (nSPS) is 10.2. The highest BCUT2D eigenvalue weighted by atomic mass is 16.2. The highest BCUT2D eigenvalue weighted by Gasteiger charge is 2.13. The van der Waals surface area contributed by atoms with Gasteiger partial charge in [0, 0.05) is 42.7 Å². The number of carbonyl (C=O) groups is 3. The molecule has 0 fully saturated rings. The summed E-state index contributed by atoms with van der Waals surface area (Å²) in [6, 6.07) is 15.6. The highest BCUT2D eigenvalue weighted by Crippen LogP contribution is 2.24. The summed E-state index contributed by atoms with van der Waals surface area (Å²) < 4.78 is 0. The van der Waals surface area contributed by atoms with E-state index in [1.807, 2.05) is 12.1 Å². The second-order valence-electron chi connectivity index (χ2n) is 6.63. The molecule has 0 bridgehead atoms. The lowest BCUT2D eigenvalue weighted by molar-refractivity contribution is -0.115. The molecule has 0 aliphatic heterocycles. The molecule has 1 heterocycles. The third-order valence-corrected chi connectivity index (χ3v) is 4.16. The number of pyridine rings is 1. The second-order valence-corrected chi connectivity index (χ2v) is 6.63. The zero-order valence-electron chi connectivity index (χ0n) is 16.5. The average Bonchev–Trinajstić information content (AvgIpc) is 2.69. The van der Waals surface area contributed by atoms with Crippen molar-refractivity contribution in [2.75, 3.05) is 21.7 Å². The number of hydrogen-bond acceptors (Lipinski definition) is 5. The zero-order valence-corrected chi connectivity index (χ0v) is 16.5. The summed E-state index contributed by atoms with van der Waals surface area (Å²) in [5, 5.41) is 8.13. The van der Waals surface area contributed by atoms with Gasteiger partial charge in [-0.3, -0.25) is 14.4 Å². The van der Waals surface area contributed by atoms with Gasteiger partial charge < -0.3 is 21.7 Å². The van der Waals surface area contributed by atoms with E-state index in [4.69, 9.17) is 5.73 Å². The lowest BCUT2D eigenvalue weighted by atomic mass is 10.0. The Bertz CT molecular complexity index is 1090. The predicted molar refractivity (Wildman–Crippen MR) is 117 cm³/mol. The average molecular weight is 403 g/mol. The van der Waals surface area contributed by atoms with E-state index in [0.29, 0.717) is 22.6 Å². The SMILES string of the molecule is CC(=O)Nc1ccc(NC(=O)c2cc(-c3ccc(NC(C)=O)cc3)cnc2N)cc1. The molecule has 8 nitrogen and oxygen atoms in total. The van der Waals surface area contributed by atoms with Crippen LogP contribution in [0.5, 0.6) is 0 Å². The summed E-state index contributed by atoms with van der Waals surface area (Å²) >= 11 is 0. The minimum Gasteiger partial charge on any atom is -0.383 e. The fourth-order valence-electron chi connectivity index (χ4n) is 2.80. The van der Waals surface area contributed by atoms with Crippen LogP contribution in [0.1, 0.15) is 24.2 Å². The van der Waals surface area contributed by atoms with Gasteiger partial charge >= 0.3 is 0 Å². The largest absolute Gasteiger partial charge is 0.383 e. The van der Waals surface area contributed by atoms with Crippen molar-refractivity contribution < 1.29 is 14.4 Å². The third-order valence-electron chi connectivity index (χ3n) is 4.16. The molecule has 8 heteroatoms. The van der Waals surface area contributed by atoms with Crippen molar-refractivity contribution in [3.05, 3.63) is 66.4 Å². The monoisotopic (exact) mass is 403 g/mol. The van der Waals surface area contributed by atoms with E-state index in [-0.39, 0.29) is 23.2 Å². The number of carbonyl (C=O) groups excluding carboxylic acids is 3. The van der Waals surface area contributed by atoms with Gasteiger partial charge in [-0.15, -0.1) is 0 Å². The molecule has 152 valence electrons. The first-order chi connectivity index (χ1) is 14.3. The molecule has 0 spiro atoms. The number of anilines is 4. The number of nitrogens with one attached hydrogen (secondary N) is 3. The summed E-state index contributed by atoms with van der Waals surface area (Å²) in [5.74, 6) is -0.613. The van der Waals surface area contributed by atoms with Gasteiger partial charge in [-0.25, -0.2) is 4.98 Å². The van der Waals surface area contributed by atoms with E-state index >= 15 is 0 Å². The molecule has 5 N–H and O–H groups in total. The Kier molecular flexibility index (Phi) is 6.07. The van der Waals surface area contributed by atoms with Crippen molar-refractivity contribution >= 4 is 40.6 Å². The molecule has 3 amide bonds. The minimum absolute atomic E-state index is 0.112. The molecule has 0 saturated heterocycles. The molecule has 0 aliphatic carbocycles. The van der Waals surface area contributed by atoms with Crippen molar-refractivity contribution in [1.82, 2.24) is 4.98 Å². The Hall–Kier alpha value is -4.20. The maximum absolute atomic E-state index is 12.7. The van der Waals surface area contributed by atoms with Gasteiger partial charge in [0.2, 0.25) is 11.8 Å². The Morgan fingerprint density at radius 3 is 1.70 bits per heavy atom. The number of amides is 3. The van der Waals surface area contributed by atoms with Gasteiger partial charge in [0.25, 0.3) is 5.91 Å². The van der Waals surface area contributed by atoms with Crippen LogP contribution >= 0.6 is 0 Å². The van der Waals surface area contributed by atoms with E-state index in [0.717, 1.165) is 5.56 Å². The van der Waals surface area contributed by atoms with Crippen LogP contribution in [0, 0.1) is 0 Å². The summed E-state index contributed by atoms with van der Waals surface area (Å²) in [6.45, 7) is 2.86. The number of nitrogen functional groups attached to an aromatic ring is 1. The fourth-order valence-corrected chi connectivity index (χ4v) is 2.80. The topological polar surface area (TPSA) is 126 Å². The lowest BCUT2D eigenvalue weighted by Crippen LogP contribution is -2.15. The first-order valence-corrected chi connectivity index (χ1v) is 9.14. The Labute approximate surface area is 173 Å². The van der Waals surface area contributed by atoms with Crippen LogP contribution in [-0.4, -0.2) is 22.7 Å². The van der Waals surface area contributed by atoms with E-state index in [1.165, 1.54) is 13.8 Å². The third kappa shape index (κ3) is 5.20. The van der Waals surface area contributed by atoms with Crippen LogP contribution in [0.25, 0.3) is 11.1 Å². The van der Waals surface area contributed by atoms with Crippen molar-refractivity contribution in [3.8, 4) is 11.1 Å². The lowest BCUT2D eigenvalue weighted by Gasteiger charge is -2.10. The number of aromatic nitrogens is 1. The second kappa shape index (κ2) is 8.87. The molecule has 0 saturated carbocycles. The van der Waals surface area contributed by atoms with E-state index < -0.39 is 5.91 Å². The maximum Gasteiger partial charge on any atom is 0.259 e. The van der Waals surface area contributed by atoms with Crippen molar-refractivity contribution in [1.29, 1.82) is 0 Å². The molecular weight excluding hydrogens is 382 g/mol. The van der Waals surface area contributed by atoms with Gasteiger partial charge in [-0.05, 0) is 48.0 Å². The van der Waals surface area contributed by atoms with Gasteiger partial charge in [-0.1, -0.05) is 12.1 Å².